The summed E-state index contributed by atoms with van der Waals surface area (Å²) in [5.74, 6) is 0. The summed E-state index contributed by atoms with van der Waals surface area (Å²) >= 11 is 0. The topological polar surface area (TPSA) is 58.6 Å². The maximum atomic E-state index is 12.2. The van der Waals surface area contributed by atoms with E-state index >= 15 is 0 Å². The molecule has 3 atom stereocenters. The molecule has 3 aliphatic rings. The van der Waals surface area contributed by atoms with Gasteiger partial charge in [-0.2, -0.15) is 4.31 Å². The van der Waals surface area contributed by atoms with Crippen LogP contribution in [0.25, 0.3) is 0 Å². The lowest BCUT2D eigenvalue weighted by atomic mass is 10.00. The average Bonchev–Trinajstić information content (AvgIpc) is 2.56. The van der Waals surface area contributed by atoms with Crippen molar-refractivity contribution in [2.45, 2.75) is 30.3 Å². The number of ether oxygens (including phenoxy) is 1. The molecule has 3 heterocycles. The van der Waals surface area contributed by atoms with E-state index in [0.717, 1.165) is 6.54 Å². The van der Waals surface area contributed by atoms with Crippen LogP contribution in [-0.2, 0) is 14.8 Å². The predicted octanol–water partition coefficient (Wildman–Crippen LogP) is -0.849. The van der Waals surface area contributed by atoms with Gasteiger partial charge in [-0.05, 0) is 6.42 Å². The van der Waals surface area contributed by atoms with Crippen molar-refractivity contribution in [3.8, 4) is 0 Å². The quantitative estimate of drug-likeness (QED) is 0.640. The van der Waals surface area contributed by atoms with Crippen LogP contribution < -0.4 is 5.32 Å². The summed E-state index contributed by atoms with van der Waals surface area (Å²) in [5.41, 5.74) is -0.461. The van der Waals surface area contributed by atoms with Gasteiger partial charge in [-0.1, -0.05) is 6.92 Å². The van der Waals surface area contributed by atoms with Gasteiger partial charge in [0.15, 0.2) is 0 Å². The van der Waals surface area contributed by atoms with Gasteiger partial charge in [0.25, 0.3) is 0 Å². The molecule has 1 N–H and O–H groups in total. The molecule has 15 heavy (non-hydrogen) atoms. The van der Waals surface area contributed by atoms with Crippen molar-refractivity contribution in [3.63, 3.8) is 0 Å². The molecular formula is C9H16N2O3S. The van der Waals surface area contributed by atoms with Crippen LogP contribution >= 0.6 is 0 Å². The summed E-state index contributed by atoms with van der Waals surface area (Å²) in [6.45, 7) is 4.42. The first-order valence-corrected chi connectivity index (χ1v) is 6.96. The maximum absolute atomic E-state index is 12.2. The largest absolute Gasteiger partial charge is 0.366 e. The van der Waals surface area contributed by atoms with Crippen LogP contribution in [0.3, 0.4) is 0 Å². The van der Waals surface area contributed by atoms with Gasteiger partial charge in [-0.15, -0.1) is 0 Å². The molecule has 3 saturated heterocycles. The molecule has 2 bridgehead atoms. The second-order valence-corrected chi connectivity index (χ2v) is 6.75. The molecule has 1 spiro atoms. The van der Waals surface area contributed by atoms with Gasteiger partial charge in [0.2, 0.25) is 10.0 Å². The third-order valence-corrected chi connectivity index (χ3v) is 6.23. The SMILES string of the molecule is CCN1C[C@]23CNC[C@@H](C[C@H]2S1(=O)=O)O3. The molecule has 0 unspecified atom stereocenters. The fraction of sp³-hybridized carbons (Fsp3) is 1.00. The van der Waals surface area contributed by atoms with Crippen molar-refractivity contribution in [3.05, 3.63) is 0 Å². The van der Waals surface area contributed by atoms with Gasteiger partial charge in [0, 0.05) is 26.2 Å². The van der Waals surface area contributed by atoms with Gasteiger partial charge in [-0.25, -0.2) is 8.42 Å². The second kappa shape index (κ2) is 2.94. The molecule has 0 aromatic rings. The number of nitrogens with zero attached hydrogens (tertiary/aromatic N) is 1. The van der Waals surface area contributed by atoms with Crippen LogP contribution in [0.5, 0.6) is 0 Å². The normalized spacial score (nSPS) is 48.1. The highest BCUT2D eigenvalue weighted by Crippen LogP contribution is 2.44. The Morgan fingerprint density at radius 2 is 2.40 bits per heavy atom. The van der Waals surface area contributed by atoms with Crippen molar-refractivity contribution in [1.29, 1.82) is 0 Å². The Morgan fingerprint density at radius 1 is 1.60 bits per heavy atom. The zero-order valence-electron chi connectivity index (χ0n) is 8.77. The Hall–Kier alpha value is -0.170. The minimum atomic E-state index is -3.11. The van der Waals surface area contributed by atoms with E-state index in [4.69, 9.17) is 4.74 Å². The van der Waals surface area contributed by atoms with Gasteiger partial charge in [-0.3, -0.25) is 0 Å². The maximum Gasteiger partial charge on any atom is 0.220 e. The average molecular weight is 232 g/mol. The number of hydrogen-bond acceptors (Lipinski definition) is 4. The van der Waals surface area contributed by atoms with E-state index in [1.54, 1.807) is 4.31 Å². The number of hydrogen-bond donors (Lipinski definition) is 1. The zero-order valence-corrected chi connectivity index (χ0v) is 9.59. The van der Waals surface area contributed by atoms with Crippen LogP contribution in [0.1, 0.15) is 13.3 Å². The molecule has 5 nitrogen and oxygen atoms in total. The first-order chi connectivity index (χ1) is 7.08. The van der Waals surface area contributed by atoms with Crippen LogP contribution in [-0.4, -0.2) is 55.9 Å². The molecule has 0 aromatic carbocycles. The number of likely N-dealkylation sites (N-methyl/N-ethyl adjacent to an activating group) is 1. The summed E-state index contributed by atoms with van der Waals surface area (Å²) in [6.07, 6.45) is 0.754. The molecule has 3 fully saturated rings. The number of fused-ring (bicyclic) bond motifs is 1. The van der Waals surface area contributed by atoms with Crippen molar-refractivity contribution < 1.29 is 13.2 Å². The van der Waals surface area contributed by atoms with Crippen molar-refractivity contribution >= 4 is 10.0 Å². The molecule has 0 amide bonds. The predicted molar refractivity (Wildman–Crippen MR) is 55.0 cm³/mol. The minimum Gasteiger partial charge on any atom is -0.366 e. The van der Waals surface area contributed by atoms with Crippen molar-refractivity contribution in [1.82, 2.24) is 9.62 Å². The lowest BCUT2D eigenvalue weighted by Crippen LogP contribution is -2.53. The zero-order chi connectivity index (χ0) is 10.7. The Balaban J connectivity index is 2.02. The third kappa shape index (κ3) is 1.16. The summed E-state index contributed by atoms with van der Waals surface area (Å²) < 4.78 is 31.8. The highest BCUT2D eigenvalue weighted by molar-refractivity contribution is 7.90. The first kappa shape index (κ1) is 10.0. The summed E-state index contributed by atoms with van der Waals surface area (Å²) in [6, 6.07) is 0. The molecular weight excluding hydrogens is 216 g/mol. The van der Waals surface area contributed by atoms with E-state index in [0.29, 0.717) is 26.1 Å². The molecule has 3 aliphatic heterocycles. The monoisotopic (exact) mass is 232 g/mol. The second-order valence-electron chi connectivity index (χ2n) is 4.63. The lowest BCUT2D eigenvalue weighted by Gasteiger charge is -2.32. The molecule has 0 aromatic heterocycles. The van der Waals surface area contributed by atoms with Crippen molar-refractivity contribution in [2.75, 3.05) is 26.2 Å². The Kier molecular flexibility index (Phi) is 1.96. The van der Waals surface area contributed by atoms with Gasteiger partial charge in [0.1, 0.15) is 10.9 Å². The van der Waals surface area contributed by atoms with E-state index in [-0.39, 0.29) is 11.4 Å². The number of nitrogens with one attached hydrogen (secondary N) is 1. The highest BCUT2D eigenvalue weighted by atomic mass is 32.2. The molecule has 86 valence electrons. The van der Waals surface area contributed by atoms with E-state index in [1.807, 2.05) is 6.92 Å². The Labute approximate surface area is 89.8 Å². The summed E-state index contributed by atoms with van der Waals surface area (Å²) in [7, 11) is -3.11. The van der Waals surface area contributed by atoms with E-state index in [2.05, 4.69) is 5.32 Å². The minimum absolute atomic E-state index is 0.0949. The van der Waals surface area contributed by atoms with E-state index < -0.39 is 15.6 Å². The summed E-state index contributed by atoms with van der Waals surface area (Å²) in [5, 5.41) is 2.96. The molecule has 0 saturated carbocycles. The fourth-order valence-corrected chi connectivity index (χ4v) is 5.42. The van der Waals surface area contributed by atoms with Gasteiger partial charge >= 0.3 is 0 Å². The van der Waals surface area contributed by atoms with E-state index in [9.17, 15) is 8.42 Å². The molecule has 0 aliphatic carbocycles. The Bertz CT molecular complexity index is 383. The van der Waals surface area contributed by atoms with Crippen LogP contribution in [0.4, 0.5) is 0 Å². The molecule has 6 heteroatoms. The van der Waals surface area contributed by atoms with Gasteiger partial charge < -0.3 is 10.1 Å². The van der Waals surface area contributed by atoms with Crippen LogP contribution in [0.2, 0.25) is 0 Å². The summed E-state index contributed by atoms with van der Waals surface area (Å²) in [4.78, 5) is 0. The van der Waals surface area contributed by atoms with Gasteiger partial charge in [0.05, 0.1) is 6.10 Å². The number of sulfonamides is 1. The standard InChI is InChI=1S/C9H16N2O3S/c1-2-11-6-9-5-10-4-7(14-9)3-8(9)15(11,12)13/h7-8,10H,2-6H2,1H3/t7-,8-,9-/m1/s1. The van der Waals surface area contributed by atoms with Crippen molar-refractivity contribution in [2.24, 2.45) is 0 Å². The highest BCUT2D eigenvalue weighted by Gasteiger charge is 2.63. The molecule has 3 rings (SSSR count). The first-order valence-electron chi connectivity index (χ1n) is 5.46. The smallest absolute Gasteiger partial charge is 0.220 e. The van der Waals surface area contributed by atoms with Crippen LogP contribution in [0.15, 0.2) is 0 Å². The lowest BCUT2D eigenvalue weighted by molar-refractivity contribution is -0.0627. The number of morpholine rings is 1. The fourth-order valence-electron chi connectivity index (χ4n) is 3.08. The Morgan fingerprint density at radius 3 is 3.13 bits per heavy atom. The number of rotatable bonds is 1. The van der Waals surface area contributed by atoms with Crippen LogP contribution in [0, 0.1) is 0 Å². The molecule has 0 radical (unpaired) electrons. The van der Waals surface area contributed by atoms with E-state index in [1.165, 1.54) is 0 Å². The third-order valence-electron chi connectivity index (χ3n) is 3.78.